The first-order chi connectivity index (χ1) is 9.31. The Labute approximate surface area is 112 Å². The fourth-order valence-electron chi connectivity index (χ4n) is 1.89. The second kappa shape index (κ2) is 5.22. The van der Waals surface area contributed by atoms with Crippen molar-refractivity contribution in [3.05, 3.63) is 42.1 Å². The Kier molecular flexibility index (Phi) is 3.27. The molecule has 2 N–H and O–H groups in total. The molecule has 5 nitrogen and oxygen atoms in total. The number of anilines is 2. The summed E-state index contributed by atoms with van der Waals surface area (Å²) in [5, 5.41) is 14.5. The summed E-state index contributed by atoms with van der Waals surface area (Å²) in [5.74, 6) is 1.35. The maximum atomic E-state index is 4.42. The first-order valence-electron chi connectivity index (χ1n) is 6.59. The van der Waals surface area contributed by atoms with Gasteiger partial charge >= 0.3 is 0 Å². The summed E-state index contributed by atoms with van der Waals surface area (Å²) in [7, 11) is 0. The van der Waals surface area contributed by atoms with Gasteiger partial charge in [0, 0.05) is 12.1 Å². The number of hydrogen-bond acceptors (Lipinski definition) is 5. The van der Waals surface area contributed by atoms with Gasteiger partial charge in [-0.1, -0.05) is 30.3 Å². The van der Waals surface area contributed by atoms with Gasteiger partial charge in [-0.05, 0) is 25.3 Å². The molecular formula is C14H17N5. The zero-order valence-electron chi connectivity index (χ0n) is 10.9. The normalized spacial score (nSPS) is 15.8. The van der Waals surface area contributed by atoms with Crippen molar-refractivity contribution in [3.8, 4) is 0 Å². The lowest BCUT2D eigenvalue weighted by atomic mass is 10.1. The second-order valence-electron chi connectivity index (χ2n) is 4.86. The molecule has 0 radical (unpaired) electrons. The molecule has 0 amide bonds. The van der Waals surface area contributed by atoms with E-state index in [-0.39, 0.29) is 6.04 Å². The molecule has 1 aliphatic rings. The van der Waals surface area contributed by atoms with E-state index in [2.05, 4.69) is 44.9 Å². The number of benzene rings is 1. The maximum Gasteiger partial charge on any atom is 0.244 e. The summed E-state index contributed by atoms with van der Waals surface area (Å²) in [5.41, 5.74) is 1.22. The standard InChI is InChI=1S/C14H17N5/c1-10(11-5-3-2-4-6-11)16-13-9-15-19-14(18-13)17-12-7-8-12/h2-6,9-10,12H,7-8H2,1H3,(H2,16,17,18,19). The van der Waals surface area contributed by atoms with E-state index < -0.39 is 0 Å². The lowest BCUT2D eigenvalue weighted by Gasteiger charge is -2.14. The first kappa shape index (κ1) is 11.9. The monoisotopic (exact) mass is 255 g/mol. The molecule has 0 spiro atoms. The highest BCUT2D eigenvalue weighted by atomic mass is 15.3. The van der Waals surface area contributed by atoms with Gasteiger partial charge < -0.3 is 10.6 Å². The quantitative estimate of drug-likeness (QED) is 0.860. The van der Waals surface area contributed by atoms with E-state index in [0.717, 1.165) is 5.82 Å². The molecule has 98 valence electrons. The number of nitrogens with zero attached hydrogens (tertiary/aromatic N) is 3. The molecule has 5 heteroatoms. The Hall–Kier alpha value is -2.17. The van der Waals surface area contributed by atoms with Crippen molar-refractivity contribution in [2.24, 2.45) is 0 Å². The molecule has 1 unspecified atom stereocenters. The van der Waals surface area contributed by atoms with Crippen molar-refractivity contribution < 1.29 is 0 Å². The summed E-state index contributed by atoms with van der Waals surface area (Å²) in [6, 6.07) is 11.0. The van der Waals surface area contributed by atoms with Gasteiger partial charge in [0.05, 0.1) is 6.20 Å². The predicted molar refractivity (Wildman–Crippen MR) is 75.0 cm³/mol. The van der Waals surface area contributed by atoms with Gasteiger partial charge in [-0.3, -0.25) is 0 Å². The van der Waals surface area contributed by atoms with E-state index in [1.807, 2.05) is 18.2 Å². The van der Waals surface area contributed by atoms with Crippen molar-refractivity contribution in [3.63, 3.8) is 0 Å². The van der Waals surface area contributed by atoms with Gasteiger partial charge in [0.25, 0.3) is 0 Å². The van der Waals surface area contributed by atoms with Crippen molar-refractivity contribution in [1.82, 2.24) is 15.2 Å². The Bertz CT molecular complexity index is 539. The van der Waals surface area contributed by atoms with Gasteiger partial charge in [0.2, 0.25) is 5.95 Å². The molecular weight excluding hydrogens is 238 g/mol. The summed E-state index contributed by atoms with van der Waals surface area (Å²) in [4.78, 5) is 4.42. The summed E-state index contributed by atoms with van der Waals surface area (Å²) in [6.45, 7) is 2.10. The number of hydrogen-bond donors (Lipinski definition) is 2. The molecule has 1 heterocycles. The van der Waals surface area contributed by atoms with Crippen LogP contribution < -0.4 is 10.6 Å². The van der Waals surface area contributed by atoms with E-state index in [1.165, 1.54) is 18.4 Å². The largest absolute Gasteiger partial charge is 0.362 e. The van der Waals surface area contributed by atoms with Crippen molar-refractivity contribution in [2.45, 2.75) is 31.8 Å². The fourth-order valence-corrected chi connectivity index (χ4v) is 1.89. The molecule has 1 aliphatic carbocycles. The first-order valence-corrected chi connectivity index (χ1v) is 6.59. The van der Waals surface area contributed by atoms with Crippen LogP contribution in [0.5, 0.6) is 0 Å². The van der Waals surface area contributed by atoms with Crippen LogP contribution in [-0.4, -0.2) is 21.2 Å². The van der Waals surface area contributed by atoms with Crippen LogP contribution in [0, 0.1) is 0 Å². The Morgan fingerprint density at radius 1 is 1.21 bits per heavy atom. The third-order valence-corrected chi connectivity index (χ3v) is 3.13. The highest BCUT2D eigenvalue weighted by Crippen LogP contribution is 2.23. The van der Waals surface area contributed by atoms with E-state index in [0.29, 0.717) is 12.0 Å². The molecule has 1 aromatic carbocycles. The highest BCUT2D eigenvalue weighted by molar-refractivity contribution is 5.40. The van der Waals surface area contributed by atoms with Crippen molar-refractivity contribution in [2.75, 3.05) is 10.6 Å². The van der Waals surface area contributed by atoms with Gasteiger partial charge in [0.15, 0.2) is 5.82 Å². The molecule has 1 fully saturated rings. The summed E-state index contributed by atoms with van der Waals surface area (Å²) < 4.78 is 0. The van der Waals surface area contributed by atoms with Crippen LogP contribution in [0.25, 0.3) is 0 Å². The average Bonchev–Trinajstić information content (AvgIpc) is 3.24. The minimum absolute atomic E-state index is 0.187. The molecule has 1 aromatic heterocycles. The Morgan fingerprint density at radius 3 is 2.74 bits per heavy atom. The van der Waals surface area contributed by atoms with E-state index in [9.17, 15) is 0 Å². The summed E-state index contributed by atoms with van der Waals surface area (Å²) in [6.07, 6.45) is 4.04. The lowest BCUT2D eigenvalue weighted by molar-refractivity contribution is 0.857. The average molecular weight is 255 g/mol. The van der Waals surface area contributed by atoms with Gasteiger partial charge in [-0.15, -0.1) is 5.10 Å². The zero-order chi connectivity index (χ0) is 13.1. The van der Waals surface area contributed by atoms with Crippen LogP contribution in [0.2, 0.25) is 0 Å². The van der Waals surface area contributed by atoms with Crippen LogP contribution in [0.15, 0.2) is 36.5 Å². The number of aromatic nitrogens is 3. The Balaban J connectivity index is 1.68. The van der Waals surface area contributed by atoms with E-state index >= 15 is 0 Å². The molecule has 1 saturated carbocycles. The van der Waals surface area contributed by atoms with E-state index in [4.69, 9.17) is 0 Å². The van der Waals surface area contributed by atoms with Crippen molar-refractivity contribution in [1.29, 1.82) is 0 Å². The molecule has 0 saturated heterocycles. The van der Waals surface area contributed by atoms with Crippen LogP contribution in [-0.2, 0) is 0 Å². The van der Waals surface area contributed by atoms with Gasteiger partial charge in [-0.25, -0.2) is 0 Å². The highest BCUT2D eigenvalue weighted by Gasteiger charge is 2.22. The minimum Gasteiger partial charge on any atom is -0.362 e. The number of nitrogens with one attached hydrogen (secondary N) is 2. The zero-order valence-corrected chi connectivity index (χ0v) is 10.9. The minimum atomic E-state index is 0.187. The van der Waals surface area contributed by atoms with Crippen LogP contribution in [0.1, 0.15) is 31.4 Å². The molecule has 0 aliphatic heterocycles. The SMILES string of the molecule is CC(Nc1cnnc(NC2CC2)n1)c1ccccc1. The molecule has 2 aromatic rings. The molecule has 3 rings (SSSR count). The molecule has 0 bridgehead atoms. The second-order valence-corrected chi connectivity index (χ2v) is 4.86. The number of rotatable bonds is 5. The summed E-state index contributed by atoms with van der Waals surface area (Å²) >= 11 is 0. The van der Waals surface area contributed by atoms with Crippen LogP contribution in [0.4, 0.5) is 11.8 Å². The topological polar surface area (TPSA) is 62.7 Å². The van der Waals surface area contributed by atoms with Crippen LogP contribution >= 0.6 is 0 Å². The van der Waals surface area contributed by atoms with Crippen molar-refractivity contribution >= 4 is 11.8 Å². The molecule has 19 heavy (non-hydrogen) atoms. The third-order valence-electron chi connectivity index (χ3n) is 3.13. The third kappa shape index (κ3) is 3.19. The lowest BCUT2D eigenvalue weighted by Crippen LogP contribution is -2.11. The smallest absolute Gasteiger partial charge is 0.244 e. The van der Waals surface area contributed by atoms with Crippen LogP contribution in [0.3, 0.4) is 0 Å². The Morgan fingerprint density at radius 2 is 2.00 bits per heavy atom. The fraction of sp³-hybridized carbons (Fsp3) is 0.357. The van der Waals surface area contributed by atoms with E-state index in [1.54, 1.807) is 6.20 Å². The van der Waals surface area contributed by atoms with Gasteiger partial charge in [-0.2, -0.15) is 10.1 Å². The van der Waals surface area contributed by atoms with Gasteiger partial charge in [0.1, 0.15) is 0 Å². The maximum absolute atomic E-state index is 4.42. The predicted octanol–water partition coefficient (Wildman–Crippen LogP) is 2.62. The molecule has 1 atom stereocenters.